The first-order valence-corrected chi connectivity index (χ1v) is 19.5. The highest BCUT2D eigenvalue weighted by molar-refractivity contribution is 9.09. The Morgan fingerprint density at radius 2 is 0.822 bits per heavy atom. The normalized spacial score (nSPS) is 21.7. The monoisotopic (exact) mass is 742 g/mol. The summed E-state index contributed by atoms with van der Waals surface area (Å²) in [7, 11) is -0.750. The van der Waals surface area contributed by atoms with Crippen LogP contribution in [0, 0.1) is 0 Å². The van der Waals surface area contributed by atoms with Crippen LogP contribution in [0.3, 0.4) is 0 Å². The maximum atomic E-state index is 6.57. The van der Waals surface area contributed by atoms with Crippen molar-refractivity contribution in [2.75, 3.05) is 10.7 Å². The van der Waals surface area contributed by atoms with E-state index in [4.69, 9.17) is 18.6 Å². The fraction of sp³-hybridized carbons (Fsp3) is 0.676. The van der Waals surface area contributed by atoms with Crippen molar-refractivity contribution in [1.29, 1.82) is 0 Å². The number of hydrogen-bond acceptors (Lipinski definition) is 4. The molecule has 45 heavy (non-hydrogen) atoms. The standard InChI is InChI=1S/C37H54B2Br2O4/c1-33(2)34(3,4)43-38(42-33)27-17-19-29-30-20-18-28(39-44-35(5,6)36(7,8)45-39)26-32(30)37(31(29)25-27,21-13-9-11-15-23-40)22-14-10-12-16-24-41/h17-20,25-26H,9-16,21-24H2,1-8H3. The van der Waals surface area contributed by atoms with Crippen LogP contribution in [0.4, 0.5) is 0 Å². The summed E-state index contributed by atoms with van der Waals surface area (Å²) < 4.78 is 26.3. The van der Waals surface area contributed by atoms with Crippen LogP contribution in [-0.2, 0) is 24.0 Å². The topological polar surface area (TPSA) is 36.9 Å². The number of unbranched alkanes of at least 4 members (excludes halogenated alkanes) is 6. The lowest BCUT2D eigenvalue weighted by atomic mass is 9.67. The molecule has 4 nitrogen and oxygen atoms in total. The van der Waals surface area contributed by atoms with E-state index in [1.54, 1.807) is 0 Å². The first-order chi connectivity index (χ1) is 21.2. The number of benzene rings is 2. The highest BCUT2D eigenvalue weighted by Crippen LogP contribution is 2.54. The Kier molecular flexibility index (Phi) is 10.9. The molecule has 246 valence electrons. The summed E-state index contributed by atoms with van der Waals surface area (Å²) in [6, 6.07) is 14.0. The van der Waals surface area contributed by atoms with Crippen molar-refractivity contribution in [3.05, 3.63) is 47.5 Å². The Hall–Kier alpha value is -0.630. The molecule has 8 heteroatoms. The summed E-state index contributed by atoms with van der Waals surface area (Å²) in [5, 5.41) is 2.15. The van der Waals surface area contributed by atoms with Crippen LogP contribution >= 0.6 is 31.9 Å². The molecule has 0 saturated carbocycles. The fourth-order valence-electron chi connectivity index (χ4n) is 7.20. The molecular formula is C37H54B2Br2O4. The highest BCUT2D eigenvalue weighted by atomic mass is 79.9. The molecule has 0 atom stereocenters. The third-order valence-electron chi connectivity index (χ3n) is 11.4. The van der Waals surface area contributed by atoms with E-state index in [2.05, 4.69) is 124 Å². The predicted molar refractivity (Wildman–Crippen MR) is 198 cm³/mol. The summed E-state index contributed by atoms with van der Waals surface area (Å²) >= 11 is 7.27. The van der Waals surface area contributed by atoms with E-state index in [1.807, 2.05) is 0 Å². The molecular weight excluding hydrogens is 690 g/mol. The molecule has 0 aromatic heterocycles. The minimum Gasteiger partial charge on any atom is -0.399 e. The number of fused-ring (bicyclic) bond motifs is 3. The molecule has 0 spiro atoms. The van der Waals surface area contributed by atoms with Gasteiger partial charge in [0.1, 0.15) is 0 Å². The van der Waals surface area contributed by atoms with Crippen molar-refractivity contribution in [2.24, 2.45) is 0 Å². The van der Waals surface area contributed by atoms with Gasteiger partial charge in [0.25, 0.3) is 0 Å². The van der Waals surface area contributed by atoms with Crippen LogP contribution in [0.25, 0.3) is 11.1 Å². The molecule has 5 rings (SSSR count). The average molecular weight is 744 g/mol. The molecule has 2 aromatic rings. The first kappa shape index (κ1) is 35.7. The molecule has 2 saturated heterocycles. The maximum absolute atomic E-state index is 6.57. The van der Waals surface area contributed by atoms with Gasteiger partial charge in [-0.05, 0) is 114 Å². The summed E-state index contributed by atoms with van der Waals surface area (Å²) in [5.74, 6) is 0. The molecule has 1 aliphatic carbocycles. The van der Waals surface area contributed by atoms with Gasteiger partial charge in [-0.1, -0.05) is 107 Å². The van der Waals surface area contributed by atoms with Gasteiger partial charge in [-0.3, -0.25) is 0 Å². The minimum absolute atomic E-state index is 0.0766. The molecule has 0 bridgehead atoms. The number of rotatable bonds is 14. The second-order valence-electron chi connectivity index (χ2n) is 15.6. The lowest BCUT2D eigenvalue weighted by Gasteiger charge is -2.33. The Balaban J connectivity index is 1.58. The zero-order valence-electron chi connectivity index (χ0n) is 29.0. The molecule has 2 fully saturated rings. The van der Waals surface area contributed by atoms with Crippen LogP contribution in [0.1, 0.15) is 131 Å². The minimum atomic E-state index is -0.376. The second kappa shape index (κ2) is 13.7. The Morgan fingerprint density at radius 1 is 0.489 bits per heavy atom. The zero-order chi connectivity index (χ0) is 32.7. The van der Waals surface area contributed by atoms with Crippen LogP contribution < -0.4 is 10.9 Å². The fourth-order valence-corrected chi connectivity index (χ4v) is 7.99. The lowest BCUT2D eigenvalue weighted by molar-refractivity contribution is 0.00578. The van der Waals surface area contributed by atoms with Gasteiger partial charge >= 0.3 is 14.2 Å². The van der Waals surface area contributed by atoms with Crippen LogP contribution in [-0.4, -0.2) is 47.3 Å². The van der Waals surface area contributed by atoms with Gasteiger partial charge in [0.15, 0.2) is 0 Å². The molecule has 2 aliphatic heterocycles. The van der Waals surface area contributed by atoms with Crippen LogP contribution in [0.2, 0.25) is 0 Å². The van der Waals surface area contributed by atoms with Crippen LogP contribution in [0.15, 0.2) is 36.4 Å². The van der Waals surface area contributed by atoms with E-state index in [0.717, 1.165) is 34.4 Å². The summed E-state index contributed by atoms with van der Waals surface area (Å²) in [5.41, 5.74) is 6.25. The number of halogens is 2. The SMILES string of the molecule is CC1(C)OB(c2ccc3c(c2)C(CCCCCCBr)(CCCCCCBr)c2cc(B4OC(C)(C)C(C)(C)O4)ccc2-3)OC1(C)C. The smallest absolute Gasteiger partial charge is 0.399 e. The average Bonchev–Trinajstić information content (AvgIpc) is 3.47. The van der Waals surface area contributed by atoms with Crippen molar-refractivity contribution in [2.45, 2.75) is 147 Å². The third kappa shape index (κ3) is 6.95. The van der Waals surface area contributed by atoms with Gasteiger partial charge in [0.05, 0.1) is 22.4 Å². The molecule has 0 radical (unpaired) electrons. The van der Waals surface area contributed by atoms with Gasteiger partial charge in [-0.25, -0.2) is 0 Å². The van der Waals surface area contributed by atoms with E-state index in [-0.39, 0.29) is 42.1 Å². The summed E-state index contributed by atoms with van der Waals surface area (Å²) in [6.07, 6.45) is 12.1. The van der Waals surface area contributed by atoms with Gasteiger partial charge in [-0.2, -0.15) is 0 Å². The van der Waals surface area contributed by atoms with Gasteiger partial charge in [0, 0.05) is 16.1 Å². The van der Waals surface area contributed by atoms with E-state index < -0.39 is 0 Å². The van der Waals surface area contributed by atoms with Crippen molar-refractivity contribution in [3.8, 4) is 11.1 Å². The number of alkyl halides is 2. The molecule has 0 N–H and O–H groups in total. The molecule has 3 aliphatic rings. The summed E-state index contributed by atoms with van der Waals surface area (Å²) in [4.78, 5) is 0. The lowest BCUT2D eigenvalue weighted by Crippen LogP contribution is -2.41. The Bertz CT molecular complexity index is 1210. The van der Waals surface area contributed by atoms with E-state index in [9.17, 15) is 0 Å². The van der Waals surface area contributed by atoms with Crippen molar-refractivity contribution < 1.29 is 18.6 Å². The van der Waals surface area contributed by atoms with Gasteiger partial charge in [0.2, 0.25) is 0 Å². The molecule has 2 heterocycles. The third-order valence-corrected chi connectivity index (χ3v) is 12.6. The van der Waals surface area contributed by atoms with E-state index in [0.29, 0.717) is 0 Å². The van der Waals surface area contributed by atoms with Crippen molar-refractivity contribution >= 4 is 57.0 Å². The van der Waals surface area contributed by atoms with E-state index in [1.165, 1.54) is 73.6 Å². The largest absolute Gasteiger partial charge is 0.494 e. The van der Waals surface area contributed by atoms with Crippen molar-refractivity contribution in [1.82, 2.24) is 0 Å². The predicted octanol–water partition coefficient (Wildman–Crippen LogP) is 9.24. The molecule has 2 aromatic carbocycles. The summed E-state index contributed by atoms with van der Waals surface area (Å²) in [6.45, 7) is 17.1. The van der Waals surface area contributed by atoms with E-state index >= 15 is 0 Å². The quantitative estimate of drug-likeness (QED) is 0.110. The molecule has 0 amide bonds. The Labute approximate surface area is 291 Å². The van der Waals surface area contributed by atoms with Crippen molar-refractivity contribution in [3.63, 3.8) is 0 Å². The first-order valence-electron chi connectivity index (χ1n) is 17.3. The molecule has 0 unspecified atom stereocenters. The van der Waals surface area contributed by atoms with Crippen LogP contribution in [0.5, 0.6) is 0 Å². The second-order valence-corrected chi connectivity index (χ2v) is 17.2. The highest BCUT2D eigenvalue weighted by Gasteiger charge is 2.54. The van der Waals surface area contributed by atoms with Gasteiger partial charge in [-0.15, -0.1) is 0 Å². The van der Waals surface area contributed by atoms with Gasteiger partial charge < -0.3 is 18.6 Å². The maximum Gasteiger partial charge on any atom is 0.494 e. The zero-order valence-corrected chi connectivity index (χ0v) is 32.2. The number of hydrogen-bond donors (Lipinski definition) is 0. The Morgan fingerprint density at radius 3 is 1.16 bits per heavy atom.